The molecule has 1 nitrogen and oxygen atoms in total. The Balaban J connectivity index is 2.04. The predicted octanol–water partition coefficient (Wildman–Crippen LogP) is 2.97. The van der Waals surface area contributed by atoms with E-state index in [2.05, 4.69) is 0 Å². The summed E-state index contributed by atoms with van der Waals surface area (Å²) in [6, 6.07) is 0. The van der Waals surface area contributed by atoms with E-state index in [1.54, 1.807) is 0 Å². The van der Waals surface area contributed by atoms with E-state index in [0.29, 0.717) is 11.8 Å². The van der Waals surface area contributed by atoms with E-state index >= 15 is 0 Å². The summed E-state index contributed by atoms with van der Waals surface area (Å²) in [5.74, 6) is 2.15. The van der Waals surface area contributed by atoms with E-state index < -0.39 is 0 Å². The molecule has 3 aliphatic rings. The van der Waals surface area contributed by atoms with Crippen molar-refractivity contribution in [2.24, 2.45) is 23.2 Å². The number of rotatable bonds is 1. The fraction of sp³-hybridized carbons (Fsp3) is 0.909. The molecule has 72 valence electrons. The molecule has 3 rings (SSSR count). The Labute approximate surface area is 83.8 Å². The van der Waals surface area contributed by atoms with E-state index in [1.807, 2.05) is 0 Å². The molecule has 0 saturated heterocycles. The fourth-order valence-electron chi connectivity index (χ4n) is 4.47. The van der Waals surface area contributed by atoms with Gasteiger partial charge in [-0.1, -0.05) is 6.42 Å². The zero-order valence-electron chi connectivity index (χ0n) is 7.76. The first-order valence-electron chi connectivity index (χ1n) is 5.45. The first kappa shape index (κ1) is 8.28. The van der Waals surface area contributed by atoms with Gasteiger partial charge in [0, 0.05) is 0 Å². The molecule has 2 heteroatoms. The highest BCUT2D eigenvalue weighted by Crippen LogP contribution is 2.66. The summed E-state index contributed by atoms with van der Waals surface area (Å²) < 4.78 is 0. The molecule has 0 radical (unpaired) electrons. The average molecular weight is 199 g/mol. The monoisotopic (exact) mass is 198 g/mol. The molecule has 2 bridgehead atoms. The van der Waals surface area contributed by atoms with Crippen molar-refractivity contribution in [1.29, 1.82) is 0 Å². The molecular weight excluding hydrogens is 184 g/mol. The molecule has 0 amide bonds. The highest BCUT2D eigenvalue weighted by Gasteiger charge is 2.62. The highest BCUT2D eigenvalue weighted by atomic mass is 35.5. The Morgan fingerprint density at radius 2 is 2.15 bits per heavy atom. The van der Waals surface area contributed by atoms with E-state index in [1.165, 1.54) is 32.1 Å². The molecule has 3 fully saturated rings. The lowest BCUT2D eigenvalue weighted by Crippen LogP contribution is -2.37. The van der Waals surface area contributed by atoms with Gasteiger partial charge in [-0.2, -0.15) is 0 Å². The van der Waals surface area contributed by atoms with Gasteiger partial charge in [-0.25, -0.2) is 0 Å². The molecule has 0 heterocycles. The smallest absolute Gasteiger partial charge is 0.228 e. The third-order valence-corrected chi connectivity index (χ3v) is 5.26. The van der Waals surface area contributed by atoms with Crippen LogP contribution in [0.5, 0.6) is 0 Å². The van der Waals surface area contributed by atoms with Gasteiger partial charge in [0.15, 0.2) is 0 Å². The fourth-order valence-corrected chi connectivity index (χ4v) is 4.86. The summed E-state index contributed by atoms with van der Waals surface area (Å²) in [5.41, 5.74) is -0.0511. The van der Waals surface area contributed by atoms with E-state index in [4.69, 9.17) is 11.6 Å². The highest BCUT2D eigenvalue weighted by molar-refractivity contribution is 6.64. The normalized spacial score (nSPS) is 52.5. The minimum atomic E-state index is -0.0511. The summed E-state index contributed by atoms with van der Waals surface area (Å²) in [4.78, 5) is 11.6. The summed E-state index contributed by atoms with van der Waals surface area (Å²) in [5, 5.41) is -0.0119. The van der Waals surface area contributed by atoms with Crippen LogP contribution in [0.15, 0.2) is 0 Å². The van der Waals surface area contributed by atoms with Crippen LogP contribution in [-0.4, -0.2) is 5.24 Å². The van der Waals surface area contributed by atoms with Gasteiger partial charge >= 0.3 is 0 Å². The van der Waals surface area contributed by atoms with Crippen LogP contribution in [0, 0.1) is 23.2 Å². The molecule has 0 spiro atoms. The van der Waals surface area contributed by atoms with Crippen molar-refractivity contribution in [1.82, 2.24) is 0 Å². The maximum atomic E-state index is 11.6. The van der Waals surface area contributed by atoms with Gasteiger partial charge < -0.3 is 0 Å². The van der Waals surface area contributed by atoms with Crippen LogP contribution in [0.4, 0.5) is 0 Å². The third-order valence-electron chi connectivity index (χ3n) is 4.90. The second-order valence-corrected chi connectivity index (χ2v) is 5.43. The number of hydrogen-bond acceptors (Lipinski definition) is 1. The topological polar surface area (TPSA) is 17.1 Å². The SMILES string of the molecule is O=C(Cl)[C@@]12CCC[C@@H]1[C@@H]1CC[C@H]2C1. The van der Waals surface area contributed by atoms with Crippen LogP contribution in [-0.2, 0) is 4.79 Å². The predicted molar refractivity (Wildman–Crippen MR) is 51.5 cm³/mol. The largest absolute Gasteiger partial charge is 0.281 e. The second kappa shape index (κ2) is 2.50. The lowest BCUT2D eigenvalue weighted by Gasteiger charge is -2.35. The summed E-state index contributed by atoms with van der Waals surface area (Å²) in [6.45, 7) is 0. The molecule has 0 aromatic rings. The van der Waals surface area contributed by atoms with E-state index in [-0.39, 0.29) is 10.7 Å². The minimum absolute atomic E-state index is 0.0119. The molecule has 0 N–H and O–H groups in total. The molecule has 13 heavy (non-hydrogen) atoms. The van der Waals surface area contributed by atoms with Crippen LogP contribution >= 0.6 is 11.6 Å². The summed E-state index contributed by atoms with van der Waals surface area (Å²) >= 11 is 5.83. The molecule has 3 aliphatic carbocycles. The van der Waals surface area contributed by atoms with Crippen molar-refractivity contribution in [2.45, 2.75) is 38.5 Å². The molecule has 4 atom stereocenters. The zero-order chi connectivity index (χ0) is 9.05. The maximum absolute atomic E-state index is 11.6. The van der Waals surface area contributed by atoms with Crippen molar-refractivity contribution in [3.05, 3.63) is 0 Å². The van der Waals surface area contributed by atoms with E-state index in [0.717, 1.165) is 12.3 Å². The van der Waals surface area contributed by atoms with Crippen LogP contribution in [0.3, 0.4) is 0 Å². The van der Waals surface area contributed by atoms with Gasteiger partial charge in [0.05, 0.1) is 5.41 Å². The Morgan fingerprint density at radius 3 is 2.85 bits per heavy atom. The van der Waals surface area contributed by atoms with Gasteiger partial charge in [-0.05, 0) is 61.5 Å². The Morgan fingerprint density at radius 1 is 1.31 bits per heavy atom. The summed E-state index contributed by atoms with van der Waals surface area (Å²) in [7, 11) is 0. The van der Waals surface area contributed by atoms with Gasteiger partial charge in [-0.15, -0.1) is 0 Å². The van der Waals surface area contributed by atoms with Crippen molar-refractivity contribution < 1.29 is 4.79 Å². The molecule has 0 unspecified atom stereocenters. The Kier molecular flexibility index (Phi) is 1.59. The lowest BCUT2D eigenvalue weighted by atomic mass is 9.69. The van der Waals surface area contributed by atoms with Gasteiger partial charge in [0.1, 0.15) is 0 Å². The van der Waals surface area contributed by atoms with Crippen LogP contribution in [0.25, 0.3) is 0 Å². The summed E-state index contributed by atoms with van der Waals surface area (Å²) in [6.07, 6.45) is 7.50. The Bertz CT molecular complexity index is 263. The number of carbonyl (C=O) groups is 1. The number of halogens is 1. The number of hydrogen-bond donors (Lipinski definition) is 0. The molecule has 3 saturated carbocycles. The lowest BCUT2D eigenvalue weighted by molar-refractivity contribution is -0.125. The van der Waals surface area contributed by atoms with Crippen molar-refractivity contribution >= 4 is 16.8 Å². The van der Waals surface area contributed by atoms with Crippen LogP contribution < -0.4 is 0 Å². The zero-order valence-corrected chi connectivity index (χ0v) is 8.52. The standard InChI is InChI=1S/C11H15ClO/c12-10(13)11-5-1-2-9(11)7-3-4-8(11)6-7/h7-9H,1-6H2/t7-,8+,9-,11-/m1/s1. The first-order chi connectivity index (χ1) is 6.25. The quantitative estimate of drug-likeness (QED) is 0.592. The number of carbonyl (C=O) groups excluding carboxylic acids is 1. The molecule has 0 aromatic heterocycles. The van der Waals surface area contributed by atoms with E-state index in [9.17, 15) is 4.79 Å². The van der Waals surface area contributed by atoms with Crippen LogP contribution in [0.2, 0.25) is 0 Å². The maximum Gasteiger partial charge on any atom is 0.228 e. The van der Waals surface area contributed by atoms with Crippen LogP contribution in [0.1, 0.15) is 38.5 Å². The van der Waals surface area contributed by atoms with Crippen molar-refractivity contribution in [3.63, 3.8) is 0 Å². The first-order valence-corrected chi connectivity index (χ1v) is 5.83. The van der Waals surface area contributed by atoms with Gasteiger partial charge in [-0.3, -0.25) is 4.79 Å². The minimum Gasteiger partial charge on any atom is -0.281 e. The second-order valence-electron chi connectivity index (χ2n) is 5.08. The van der Waals surface area contributed by atoms with Crippen molar-refractivity contribution in [2.75, 3.05) is 0 Å². The molecular formula is C11H15ClO. The molecule has 0 aliphatic heterocycles. The Hall–Kier alpha value is -0.0400. The molecule has 0 aromatic carbocycles. The van der Waals surface area contributed by atoms with Gasteiger partial charge in [0.25, 0.3) is 0 Å². The van der Waals surface area contributed by atoms with Gasteiger partial charge in [0.2, 0.25) is 5.24 Å². The number of fused-ring (bicyclic) bond motifs is 5. The average Bonchev–Trinajstić information content (AvgIpc) is 2.76. The third kappa shape index (κ3) is 0.823. The van der Waals surface area contributed by atoms with Crippen molar-refractivity contribution in [3.8, 4) is 0 Å².